The van der Waals surface area contributed by atoms with Crippen LogP contribution in [0.3, 0.4) is 0 Å². The molecule has 1 aromatic carbocycles. The summed E-state index contributed by atoms with van der Waals surface area (Å²) in [5.74, 6) is 0. The van der Waals surface area contributed by atoms with Gasteiger partial charge in [0.15, 0.2) is 0 Å². The van der Waals surface area contributed by atoms with E-state index in [4.69, 9.17) is 0 Å². The minimum absolute atomic E-state index is 0.0619. The fourth-order valence-electron chi connectivity index (χ4n) is 1.62. The van der Waals surface area contributed by atoms with Crippen LogP contribution >= 0.6 is 0 Å². The second kappa shape index (κ2) is 5.20. The van der Waals surface area contributed by atoms with Gasteiger partial charge in [-0.1, -0.05) is 38.5 Å². The molecule has 0 aliphatic carbocycles. The van der Waals surface area contributed by atoms with Crippen LogP contribution in [-0.2, 0) is 12.8 Å². The second-order valence-corrected chi connectivity index (χ2v) is 3.92. The summed E-state index contributed by atoms with van der Waals surface area (Å²) in [5.41, 5.74) is 2.76. The van der Waals surface area contributed by atoms with E-state index in [0.717, 1.165) is 24.4 Å². The molecule has 0 saturated heterocycles. The van der Waals surface area contributed by atoms with Crippen LogP contribution in [0.15, 0.2) is 18.2 Å². The minimum atomic E-state index is -0.0619. The Morgan fingerprint density at radius 2 is 2.08 bits per heavy atom. The summed E-state index contributed by atoms with van der Waals surface area (Å²) in [5, 5.41) is 1.13. The molecule has 2 heteroatoms. The Labute approximate surface area is 82.7 Å². The van der Waals surface area contributed by atoms with E-state index in [1.807, 2.05) is 12.1 Å². The molecular formula is C11H16OSi. The van der Waals surface area contributed by atoms with Crippen LogP contribution in [0.25, 0.3) is 0 Å². The third kappa shape index (κ3) is 2.42. The Bertz CT molecular complexity index is 249. The molecule has 70 valence electrons. The van der Waals surface area contributed by atoms with Crippen LogP contribution in [0.5, 0.6) is 0 Å². The standard InChI is InChI=1S/C11H16OSi/c1-3-6-10-9(4-2)7-5-8-11(10)13-12/h5,7-8,12H,3-4,6H2,1-2H3. The van der Waals surface area contributed by atoms with Crippen molar-refractivity contribution in [3.63, 3.8) is 0 Å². The highest BCUT2D eigenvalue weighted by Gasteiger charge is 2.05. The van der Waals surface area contributed by atoms with Crippen LogP contribution in [-0.4, -0.2) is 14.6 Å². The lowest BCUT2D eigenvalue weighted by atomic mass is 10.0. The predicted octanol–water partition coefficient (Wildman–Crippen LogP) is 1.44. The van der Waals surface area contributed by atoms with E-state index in [0.29, 0.717) is 0 Å². The average molecular weight is 192 g/mol. The highest BCUT2D eigenvalue weighted by molar-refractivity contribution is 6.46. The van der Waals surface area contributed by atoms with Gasteiger partial charge >= 0.3 is 0 Å². The summed E-state index contributed by atoms with van der Waals surface area (Å²) < 4.78 is 0. The van der Waals surface area contributed by atoms with Crippen molar-refractivity contribution in [2.75, 3.05) is 0 Å². The van der Waals surface area contributed by atoms with Gasteiger partial charge in [0.1, 0.15) is 0 Å². The van der Waals surface area contributed by atoms with Crippen LogP contribution < -0.4 is 5.19 Å². The first kappa shape index (κ1) is 10.5. The van der Waals surface area contributed by atoms with E-state index in [-0.39, 0.29) is 9.76 Å². The van der Waals surface area contributed by atoms with Gasteiger partial charge in [0.05, 0.1) is 0 Å². The lowest BCUT2D eigenvalue weighted by Gasteiger charge is -2.10. The normalized spacial score (nSPS) is 10.4. The Morgan fingerprint density at radius 3 is 2.62 bits per heavy atom. The SMILES string of the molecule is CCCc1c(CC)cccc1[Si]O. The Hall–Kier alpha value is -0.603. The van der Waals surface area contributed by atoms with Crippen LogP contribution in [0, 0.1) is 0 Å². The first-order chi connectivity index (χ1) is 6.33. The first-order valence-electron chi connectivity index (χ1n) is 4.84. The van der Waals surface area contributed by atoms with Gasteiger partial charge in [-0.05, 0) is 29.2 Å². The number of hydrogen-bond acceptors (Lipinski definition) is 1. The Balaban J connectivity index is 3.05. The molecule has 1 N–H and O–H groups in total. The highest BCUT2D eigenvalue weighted by atomic mass is 28.2. The van der Waals surface area contributed by atoms with Gasteiger partial charge in [-0.15, -0.1) is 0 Å². The van der Waals surface area contributed by atoms with Crippen LogP contribution in [0.4, 0.5) is 0 Å². The fraction of sp³-hybridized carbons (Fsp3) is 0.455. The lowest BCUT2D eigenvalue weighted by Crippen LogP contribution is -2.20. The molecule has 0 aliphatic heterocycles. The maximum atomic E-state index is 9.19. The van der Waals surface area contributed by atoms with Gasteiger partial charge in [0.2, 0.25) is 0 Å². The minimum Gasteiger partial charge on any atom is -0.428 e. The molecule has 0 aliphatic rings. The summed E-state index contributed by atoms with van der Waals surface area (Å²) >= 11 is 0. The van der Waals surface area contributed by atoms with Gasteiger partial charge in [-0.2, -0.15) is 0 Å². The molecule has 1 rings (SSSR count). The molecule has 0 heterocycles. The molecule has 2 radical (unpaired) electrons. The van der Waals surface area contributed by atoms with E-state index in [1.54, 1.807) is 0 Å². The number of benzene rings is 1. The van der Waals surface area contributed by atoms with Crippen molar-refractivity contribution in [3.8, 4) is 0 Å². The maximum Gasteiger partial charge on any atom is 0.265 e. The van der Waals surface area contributed by atoms with Crippen molar-refractivity contribution in [1.82, 2.24) is 0 Å². The van der Waals surface area contributed by atoms with Gasteiger partial charge in [-0.3, -0.25) is 0 Å². The summed E-state index contributed by atoms with van der Waals surface area (Å²) in [7, 11) is -0.0619. The molecule has 0 saturated carbocycles. The van der Waals surface area contributed by atoms with Crippen molar-refractivity contribution in [3.05, 3.63) is 29.3 Å². The summed E-state index contributed by atoms with van der Waals surface area (Å²) in [6, 6.07) is 6.23. The second-order valence-electron chi connectivity index (χ2n) is 3.16. The van der Waals surface area contributed by atoms with Gasteiger partial charge in [0.25, 0.3) is 9.76 Å². The molecule has 1 nitrogen and oxygen atoms in total. The summed E-state index contributed by atoms with van der Waals surface area (Å²) in [4.78, 5) is 9.19. The largest absolute Gasteiger partial charge is 0.428 e. The Morgan fingerprint density at radius 1 is 1.31 bits per heavy atom. The zero-order valence-corrected chi connectivity index (χ0v) is 9.30. The molecule has 0 amide bonds. The summed E-state index contributed by atoms with van der Waals surface area (Å²) in [6.45, 7) is 4.34. The van der Waals surface area contributed by atoms with E-state index in [2.05, 4.69) is 19.9 Å². The highest BCUT2D eigenvalue weighted by Crippen LogP contribution is 2.09. The van der Waals surface area contributed by atoms with E-state index in [1.165, 1.54) is 11.1 Å². The summed E-state index contributed by atoms with van der Waals surface area (Å²) in [6.07, 6.45) is 3.30. The quantitative estimate of drug-likeness (QED) is 0.716. The van der Waals surface area contributed by atoms with Gasteiger partial charge in [-0.25, -0.2) is 0 Å². The predicted molar refractivity (Wildman–Crippen MR) is 57.4 cm³/mol. The molecule has 0 atom stereocenters. The van der Waals surface area contributed by atoms with Gasteiger partial charge < -0.3 is 4.80 Å². The zero-order valence-electron chi connectivity index (χ0n) is 8.30. The molecule has 1 aromatic rings. The van der Waals surface area contributed by atoms with Crippen LogP contribution in [0.2, 0.25) is 0 Å². The molecule has 0 bridgehead atoms. The average Bonchev–Trinajstić information content (AvgIpc) is 2.18. The van der Waals surface area contributed by atoms with Crippen LogP contribution in [0.1, 0.15) is 31.4 Å². The maximum absolute atomic E-state index is 9.19. The van der Waals surface area contributed by atoms with Crippen molar-refractivity contribution >= 4 is 14.9 Å². The smallest absolute Gasteiger partial charge is 0.265 e. The van der Waals surface area contributed by atoms with Gasteiger partial charge in [0, 0.05) is 0 Å². The fourth-order valence-corrected chi connectivity index (χ4v) is 2.21. The zero-order chi connectivity index (χ0) is 9.68. The molecule has 13 heavy (non-hydrogen) atoms. The first-order valence-corrected chi connectivity index (χ1v) is 5.79. The molecule has 0 fully saturated rings. The monoisotopic (exact) mass is 192 g/mol. The third-order valence-corrected chi connectivity index (χ3v) is 2.98. The van der Waals surface area contributed by atoms with Crippen molar-refractivity contribution in [1.29, 1.82) is 0 Å². The molecule has 0 aromatic heterocycles. The van der Waals surface area contributed by atoms with E-state index >= 15 is 0 Å². The van der Waals surface area contributed by atoms with E-state index in [9.17, 15) is 4.80 Å². The lowest BCUT2D eigenvalue weighted by molar-refractivity contribution is 0.614. The number of hydrogen-bond donors (Lipinski definition) is 1. The Kier molecular flexibility index (Phi) is 4.19. The third-order valence-electron chi connectivity index (χ3n) is 2.27. The topological polar surface area (TPSA) is 20.2 Å². The van der Waals surface area contributed by atoms with Crippen molar-refractivity contribution in [2.45, 2.75) is 33.1 Å². The van der Waals surface area contributed by atoms with Crippen molar-refractivity contribution in [2.24, 2.45) is 0 Å². The van der Waals surface area contributed by atoms with E-state index < -0.39 is 0 Å². The van der Waals surface area contributed by atoms with Crippen molar-refractivity contribution < 1.29 is 4.80 Å². The molecular weight excluding hydrogens is 176 g/mol. The molecule has 0 unspecified atom stereocenters. The number of rotatable bonds is 4. The molecule has 0 spiro atoms. The number of aryl methyl sites for hydroxylation is 1.